The fraction of sp³-hybridized carbons (Fsp3) is 0.538. The van der Waals surface area contributed by atoms with Gasteiger partial charge in [-0.1, -0.05) is 6.08 Å². The van der Waals surface area contributed by atoms with Gasteiger partial charge in [0.05, 0.1) is 18.3 Å². The molecule has 1 fully saturated rings. The van der Waals surface area contributed by atoms with Gasteiger partial charge < -0.3 is 31.3 Å². The first-order valence-corrected chi connectivity index (χ1v) is 6.67. The lowest BCUT2D eigenvalue weighted by Crippen LogP contribution is -2.36. The van der Waals surface area contributed by atoms with E-state index in [0.717, 1.165) is 6.08 Å². The topological polar surface area (TPSA) is 139 Å². The number of carbonyl (C=O) groups is 2. The average Bonchev–Trinajstić information content (AvgIpc) is 3.00. The summed E-state index contributed by atoms with van der Waals surface area (Å²) in [6.07, 6.45) is 3.16. The Kier molecular flexibility index (Phi) is 4.49. The van der Waals surface area contributed by atoms with E-state index in [9.17, 15) is 9.59 Å². The quantitative estimate of drug-likeness (QED) is 0.463. The number of nitrogens with zero attached hydrogens (tertiary/aromatic N) is 1. The number of rotatable bonds is 5. The fourth-order valence-corrected chi connectivity index (χ4v) is 2.73. The lowest BCUT2D eigenvalue weighted by Gasteiger charge is -2.27. The van der Waals surface area contributed by atoms with Crippen molar-refractivity contribution in [3.8, 4) is 0 Å². The minimum Gasteiger partial charge on any atom is -0.478 e. The predicted octanol–water partition coefficient (Wildman–Crippen LogP) is -1.29. The number of nitrogens with two attached hydrogens (primary N) is 2. The van der Waals surface area contributed by atoms with E-state index in [4.69, 9.17) is 26.4 Å². The molecule has 2 aliphatic heterocycles. The Labute approximate surface area is 121 Å². The molecule has 0 aromatic rings. The Morgan fingerprint density at radius 3 is 2.67 bits per heavy atom. The molecule has 1 unspecified atom stereocenters. The van der Waals surface area contributed by atoms with Gasteiger partial charge in [-0.25, -0.2) is 4.79 Å². The van der Waals surface area contributed by atoms with Gasteiger partial charge >= 0.3 is 5.97 Å². The molecular weight excluding hydrogens is 278 g/mol. The first-order valence-electron chi connectivity index (χ1n) is 6.67. The molecule has 1 saturated heterocycles. The number of hydrogen-bond acceptors (Lipinski definition) is 6. The van der Waals surface area contributed by atoms with Crippen LogP contribution in [0.25, 0.3) is 0 Å². The molecule has 3 atom stereocenters. The number of amides is 1. The Balaban J connectivity index is 2.18. The average molecular weight is 297 g/mol. The third kappa shape index (κ3) is 3.17. The summed E-state index contributed by atoms with van der Waals surface area (Å²) >= 11 is 0. The van der Waals surface area contributed by atoms with Gasteiger partial charge in [-0.3, -0.25) is 4.79 Å². The zero-order valence-corrected chi connectivity index (χ0v) is 11.4. The van der Waals surface area contributed by atoms with Gasteiger partial charge in [-0.05, 0) is 12.8 Å². The van der Waals surface area contributed by atoms with E-state index in [0.29, 0.717) is 19.4 Å². The van der Waals surface area contributed by atoms with Crippen molar-refractivity contribution < 1.29 is 24.5 Å². The van der Waals surface area contributed by atoms with Crippen LogP contribution in [0.4, 0.5) is 0 Å². The maximum atomic E-state index is 11.5. The Bertz CT molecular complexity index is 502. The second kappa shape index (κ2) is 6.15. The smallest absolute Gasteiger partial charge is 0.327 e. The highest BCUT2D eigenvalue weighted by molar-refractivity contribution is 5.94. The number of aliphatic carboxylic acids is 1. The van der Waals surface area contributed by atoms with Crippen molar-refractivity contribution in [1.29, 1.82) is 0 Å². The fourth-order valence-electron chi connectivity index (χ4n) is 2.73. The minimum atomic E-state index is -1.10. The maximum Gasteiger partial charge on any atom is 0.327 e. The molecule has 1 amide bonds. The van der Waals surface area contributed by atoms with Crippen molar-refractivity contribution in [2.24, 2.45) is 17.4 Å². The van der Waals surface area contributed by atoms with Crippen LogP contribution in [-0.2, 0) is 14.3 Å². The summed E-state index contributed by atoms with van der Waals surface area (Å²) in [7, 11) is 0. The summed E-state index contributed by atoms with van der Waals surface area (Å²) in [6, 6.07) is 0. The van der Waals surface area contributed by atoms with Gasteiger partial charge in [0, 0.05) is 18.5 Å². The lowest BCUT2D eigenvalue weighted by atomic mass is 10.0. The Morgan fingerprint density at radius 2 is 2.14 bits per heavy atom. The third-order valence-corrected chi connectivity index (χ3v) is 3.72. The van der Waals surface area contributed by atoms with E-state index < -0.39 is 17.8 Å². The van der Waals surface area contributed by atoms with Crippen LogP contribution in [0.15, 0.2) is 23.5 Å². The van der Waals surface area contributed by atoms with Crippen molar-refractivity contribution in [3.63, 3.8) is 0 Å². The van der Waals surface area contributed by atoms with E-state index in [-0.39, 0.29) is 30.3 Å². The number of carboxylic acids is 1. The summed E-state index contributed by atoms with van der Waals surface area (Å²) in [5, 5.41) is 17.8. The Hall–Kier alpha value is -2.06. The van der Waals surface area contributed by atoms with Crippen LogP contribution in [0.5, 0.6) is 0 Å². The highest BCUT2D eigenvalue weighted by Crippen LogP contribution is 2.33. The molecular formula is C13H19N3O5. The molecule has 8 nitrogen and oxygen atoms in total. The summed E-state index contributed by atoms with van der Waals surface area (Å²) < 4.78 is 5.64. The van der Waals surface area contributed by atoms with E-state index >= 15 is 0 Å². The van der Waals surface area contributed by atoms with E-state index in [1.165, 1.54) is 6.08 Å². The van der Waals surface area contributed by atoms with Crippen molar-refractivity contribution in [2.75, 3.05) is 13.2 Å². The number of carbonyl (C=O) groups excluding carboxylic acids is 1. The molecule has 21 heavy (non-hydrogen) atoms. The standard InChI is InChI=1S/C13H19N3O5/c14-12-11(13(15)20)7(1-4-10(18)19)5-16(12)9-3-2-8(6-17)21-9/h1,4,7-9,17H,2-3,5-6,14H2,(H2,15,20)(H,18,19)/b4-1+/t7?,8-,9+/m0/s1. The number of primary amides is 1. The van der Waals surface area contributed by atoms with Gasteiger partial charge in [0.15, 0.2) is 0 Å². The van der Waals surface area contributed by atoms with Gasteiger partial charge in [0.1, 0.15) is 12.0 Å². The summed E-state index contributed by atoms with van der Waals surface area (Å²) in [5.74, 6) is -2.04. The number of ether oxygens (including phenoxy) is 1. The summed E-state index contributed by atoms with van der Waals surface area (Å²) in [5.41, 5.74) is 11.5. The molecule has 8 heteroatoms. The van der Waals surface area contributed by atoms with Gasteiger partial charge in [0.25, 0.3) is 0 Å². The van der Waals surface area contributed by atoms with Crippen molar-refractivity contribution in [1.82, 2.24) is 4.90 Å². The van der Waals surface area contributed by atoms with E-state index in [1.807, 2.05) is 0 Å². The second-order valence-corrected chi connectivity index (χ2v) is 5.09. The highest BCUT2D eigenvalue weighted by Gasteiger charge is 2.38. The van der Waals surface area contributed by atoms with E-state index in [2.05, 4.69) is 0 Å². The van der Waals surface area contributed by atoms with Crippen molar-refractivity contribution >= 4 is 11.9 Å². The maximum absolute atomic E-state index is 11.5. The van der Waals surface area contributed by atoms with Crippen LogP contribution >= 0.6 is 0 Å². The Morgan fingerprint density at radius 1 is 1.43 bits per heavy atom. The molecule has 0 bridgehead atoms. The molecule has 0 radical (unpaired) electrons. The summed E-state index contributed by atoms with van der Waals surface area (Å²) in [6.45, 7) is 0.260. The van der Waals surface area contributed by atoms with E-state index in [1.54, 1.807) is 4.90 Å². The molecule has 2 aliphatic rings. The van der Waals surface area contributed by atoms with Gasteiger partial charge in [0.2, 0.25) is 5.91 Å². The lowest BCUT2D eigenvalue weighted by molar-refractivity contribution is -0.131. The number of hydrogen-bond donors (Lipinski definition) is 4. The van der Waals surface area contributed by atoms with Crippen LogP contribution in [0, 0.1) is 5.92 Å². The molecule has 0 aromatic heterocycles. The van der Waals surface area contributed by atoms with Crippen LogP contribution in [-0.4, -0.2) is 52.5 Å². The number of carboxylic acid groups (broad SMARTS) is 1. The van der Waals surface area contributed by atoms with Crippen LogP contribution < -0.4 is 11.5 Å². The molecule has 0 saturated carbocycles. The zero-order valence-electron chi connectivity index (χ0n) is 11.4. The highest BCUT2D eigenvalue weighted by atomic mass is 16.5. The van der Waals surface area contributed by atoms with Gasteiger partial charge in [-0.15, -0.1) is 0 Å². The first-order chi connectivity index (χ1) is 9.93. The van der Waals surface area contributed by atoms with Gasteiger partial charge in [-0.2, -0.15) is 0 Å². The molecule has 2 rings (SSSR count). The monoisotopic (exact) mass is 297 g/mol. The molecule has 2 heterocycles. The molecule has 0 spiro atoms. The van der Waals surface area contributed by atoms with Crippen LogP contribution in [0.2, 0.25) is 0 Å². The molecule has 6 N–H and O–H groups in total. The molecule has 0 aliphatic carbocycles. The molecule has 0 aromatic carbocycles. The minimum absolute atomic E-state index is 0.0705. The van der Waals surface area contributed by atoms with Crippen LogP contribution in [0.3, 0.4) is 0 Å². The zero-order chi connectivity index (χ0) is 15.6. The van der Waals surface area contributed by atoms with Crippen molar-refractivity contribution in [2.45, 2.75) is 25.2 Å². The first kappa shape index (κ1) is 15.3. The molecule has 116 valence electrons. The van der Waals surface area contributed by atoms with Crippen molar-refractivity contribution in [3.05, 3.63) is 23.5 Å². The predicted molar refractivity (Wildman–Crippen MR) is 72.4 cm³/mol. The third-order valence-electron chi connectivity index (χ3n) is 3.72. The SMILES string of the molecule is NC(=O)C1=C(N)N([C@H]2CC[C@@H](CO)O2)CC1/C=C/C(=O)O. The largest absolute Gasteiger partial charge is 0.478 e. The number of aliphatic hydroxyl groups excluding tert-OH is 1. The summed E-state index contributed by atoms with van der Waals surface area (Å²) in [4.78, 5) is 23.9. The normalized spacial score (nSPS) is 29.6. The second-order valence-electron chi connectivity index (χ2n) is 5.09. The number of aliphatic hydroxyl groups is 1. The van der Waals surface area contributed by atoms with Crippen LogP contribution in [0.1, 0.15) is 12.8 Å².